The Bertz CT molecular complexity index is 1290. The number of aromatic nitrogens is 1. The minimum atomic E-state index is -4.53. The Hall–Kier alpha value is -2.58. The molecule has 0 saturated heterocycles. The van der Waals surface area contributed by atoms with E-state index in [1.54, 1.807) is 12.1 Å². The molecule has 4 rings (SSSR count). The van der Waals surface area contributed by atoms with Gasteiger partial charge in [-0.2, -0.15) is 13.2 Å². The highest BCUT2D eigenvalue weighted by Crippen LogP contribution is 2.40. The summed E-state index contributed by atoms with van der Waals surface area (Å²) in [5.74, 6) is 0. The molecular formula is C24H25F3N2O2S. The number of fused-ring (bicyclic) bond motifs is 3. The van der Waals surface area contributed by atoms with Gasteiger partial charge in [-0.05, 0) is 55.8 Å². The quantitative estimate of drug-likeness (QED) is 0.479. The number of halogens is 3. The van der Waals surface area contributed by atoms with Crippen molar-refractivity contribution in [2.24, 2.45) is 0 Å². The molecule has 0 N–H and O–H groups in total. The molecule has 3 aromatic rings. The average Bonchev–Trinajstić information content (AvgIpc) is 3.06. The van der Waals surface area contributed by atoms with Crippen molar-refractivity contribution >= 4 is 26.5 Å². The van der Waals surface area contributed by atoms with Gasteiger partial charge < -0.3 is 0 Å². The molecule has 8 heteroatoms. The lowest BCUT2D eigenvalue weighted by molar-refractivity contribution is -0.137. The summed E-state index contributed by atoms with van der Waals surface area (Å²) in [5.41, 5.74) is 1.95. The first-order valence-corrected chi connectivity index (χ1v) is 12.0. The van der Waals surface area contributed by atoms with Crippen LogP contribution in [0.15, 0.2) is 53.9 Å². The van der Waals surface area contributed by atoms with E-state index < -0.39 is 21.8 Å². The molecule has 0 amide bonds. The van der Waals surface area contributed by atoms with Crippen LogP contribution in [0.4, 0.5) is 13.2 Å². The Labute approximate surface area is 186 Å². The van der Waals surface area contributed by atoms with E-state index in [1.165, 1.54) is 22.2 Å². The lowest BCUT2D eigenvalue weighted by atomic mass is 9.98. The van der Waals surface area contributed by atoms with E-state index in [9.17, 15) is 21.6 Å². The molecule has 32 heavy (non-hydrogen) atoms. The molecule has 1 aliphatic heterocycles. The van der Waals surface area contributed by atoms with Gasteiger partial charge in [-0.15, -0.1) is 0 Å². The Morgan fingerprint density at radius 2 is 1.75 bits per heavy atom. The maximum Gasteiger partial charge on any atom is 0.416 e. The van der Waals surface area contributed by atoms with Crippen LogP contribution in [-0.4, -0.2) is 30.4 Å². The van der Waals surface area contributed by atoms with Gasteiger partial charge in [0.2, 0.25) is 0 Å². The Morgan fingerprint density at radius 3 is 2.38 bits per heavy atom. The minimum Gasteiger partial charge on any atom is -0.293 e. The van der Waals surface area contributed by atoms with Gasteiger partial charge in [0.25, 0.3) is 10.0 Å². The van der Waals surface area contributed by atoms with E-state index in [4.69, 9.17) is 0 Å². The van der Waals surface area contributed by atoms with Crippen molar-refractivity contribution in [3.05, 3.63) is 71.4 Å². The summed E-state index contributed by atoms with van der Waals surface area (Å²) in [7, 11) is -4.03. The van der Waals surface area contributed by atoms with Gasteiger partial charge in [0, 0.05) is 24.0 Å². The third-order valence-corrected chi connectivity index (χ3v) is 7.64. The average molecular weight is 463 g/mol. The smallest absolute Gasteiger partial charge is 0.293 e. The lowest BCUT2D eigenvalue weighted by Gasteiger charge is -2.29. The van der Waals surface area contributed by atoms with Crippen LogP contribution in [0.1, 0.15) is 42.1 Å². The molecule has 4 nitrogen and oxygen atoms in total. The van der Waals surface area contributed by atoms with Crippen LogP contribution in [0.2, 0.25) is 0 Å². The summed E-state index contributed by atoms with van der Waals surface area (Å²) in [5, 5.41) is 0.269. The Balaban J connectivity index is 1.99. The predicted molar refractivity (Wildman–Crippen MR) is 120 cm³/mol. The second-order valence-corrected chi connectivity index (χ2v) is 10.1. The number of unbranched alkanes of at least 4 members (excludes halogenated alkanes) is 1. The summed E-state index contributed by atoms with van der Waals surface area (Å²) in [6.45, 7) is 9.61. The van der Waals surface area contributed by atoms with Gasteiger partial charge in [0.15, 0.2) is 0 Å². The molecule has 0 spiro atoms. The maximum atomic E-state index is 13.7. The van der Waals surface area contributed by atoms with Crippen LogP contribution in [0.5, 0.6) is 0 Å². The van der Waals surface area contributed by atoms with Gasteiger partial charge in [0.05, 0.1) is 21.7 Å². The third kappa shape index (κ3) is 3.86. The van der Waals surface area contributed by atoms with Crippen molar-refractivity contribution in [2.75, 3.05) is 13.1 Å². The van der Waals surface area contributed by atoms with E-state index in [1.807, 2.05) is 6.92 Å². The van der Waals surface area contributed by atoms with Gasteiger partial charge in [-0.1, -0.05) is 37.6 Å². The van der Waals surface area contributed by atoms with Crippen LogP contribution in [-0.2, 0) is 22.7 Å². The van der Waals surface area contributed by atoms with Gasteiger partial charge >= 0.3 is 6.18 Å². The first-order chi connectivity index (χ1) is 15.0. The summed E-state index contributed by atoms with van der Waals surface area (Å²) in [6, 6.07) is 9.71. The number of rotatable bonds is 5. The monoisotopic (exact) mass is 462 g/mol. The molecule has 1 aliphatic rings. The highest BCUT2D eigenvalue weighted by molar-refractivity contribution is 7.90. The van der Waals surface area contributed by atoms with Crippen molar-refractivity contribution in [3.8, 4) is 0 Å². The third-order valence-electron chi connectivity index (χ3n) is 5.87. The molecule has 0 atom stereocenters. The molecule has 0 unspecified atom stereocenters. The molecule has 170 valence electrons. The Morgan fingerprint density at radius 1 is 1.06 bits per heavy atom. The number of alkyl halides is 3. The maximum absolute atomic E-state index is 13.7. The van der Waals surface area contributed by atoms with Crippen LogP contribution in [0, 0.1) is 6.92 Å². The lowest BCUT2D eigenvalue weighted by Crippen LogP contribution is -2.32. The first-order valence-electron chi connectivity index (χ1n) is 10.5. The van der Waals surface area contributed by atoms with Gasteiger partial charge in [-0.25, -0.2) is 12.4 Å². The fourth-order valence-electron chi connectivity index (χ4n) is 4.28. The summed E-state index contributed by atoms with van der Waals surface area (Å²) >= 11 is 0. The number of hydrogen-bond acceptors (Lipinski definition) is 3. The van der Waals surface area contributed by atoms with Crippen LogP contribution < -0.4 is 0 Å². The predicted octanol–water partition coefficient (Wildman–Crippen LogP) is 5.83. The highest BCUT2D eigenvalue weighted by Gasteiger charge is 2.35. The molecule has 2 heterocycles. The Kier molecular flexibility index (Phi) is 5.71. The fourth-order valence-corrected chi connectivity index (χ4v) is 5.82. The van der Waals surface area contributed by atoms with E-state index in [0.717, 1.165) is 37.1 Å². The van der Waals surface area contributed by atoms with Crippen LogP contribution in [0.3, 0.4) is 0 Å². The number of aryl methyl sites for hydroxylation is 1. The van der Waals surface area contributed by atoms with Gasteiger partial charge in [0.1, 0.15) is 0 Å². The molecule has 2 aromatic carbocycles. The summed E-state index contributed by atoms with van der Waals surface area (Å²) < 4.78 is 68.9. The molecule has 0 radical (unpaired) electrons. The highest BCUT2D eigenvalue weighted by atomic mass is 32.2. The topological polar surface area (TPSA) is 42.3 Å². The first kappa shape index (κ1) is 22.6. The van der Waals surface area contributed by atoms with E-state index in [0.29, 0.717) is 29.9 Å². The molecule has 0 aliphatic carbocycles. The molecule has 0 saturated carbocycles. The van der Waals surface area contributed by atoms with E-state index in [-0.39, 0.29) is 15.8 Å². The molecule has 1 aromatic heterocycles. The van der Waals surface area contributed by atoms with Crippen LogP contribution >= 0.6 is 0 Å². The largest absolute Gasteiger partial charge is 0.416 e. The van der Waals surface area contributed by atoms with Crippen molar-refractivity contribution in [2.45, 2.75) is 44.3 Å². The van der Waals surface area contributed by atoms with Crippen LogP contribution in [0.25, 0.3) is 16.5 Å². The zero-order valence-electron chi connectivity index (χ0n) is 18.0. The van der Waals surface area contributed by atoms with Crippen molar-refractivity contribution < 1.29 is 21.6 Å². The fraction of sp³-hybridized carbons (Fsp3) is 0.333. The number of nitrogens with zero attached hydrogens (tertiary/aromatic N) is 2. The molecule has 0 bridgehead atoms. The van der Waals surface area contributed by atoms with Gasteiger partial charge in [-0.3, -0.25) is 4.90 Å². The van der Waals surface area contributed by atoms with Crippen molar-refractivity contribution in [1.29, 1.82) is 0 Å². The second-order valence-electron chi connectivity index (χ2n) is 8.30. The summed E-state index contributed by atoms with van der Waals surface area (Å²) in [4.78, 5) is 2.19. The van der Waals surface area contributed by atoms with Crippen molar-refractivity contribution in [1.82, 2.24) is 8.87 Å². The standard InChI is InChI=1S/C24H25F3N2O2S/c1-4-5-12-28-14-17(3)23-20-13-18(24(25,26)27)8-11-21(20)29(22(23)15-28)32(30,31)19-9-6-16(2)7-10-19/h6-11,13H,3-5,12,14-15H2,1-2H3. The molecule has 0 fully saturated rings. The normalized spacial score (nSPS) is 15.3. The zero-order chi connectivity index (χ0) is 23.3. The number of benzene rings is 2. The SMILES string of the molecule is C=C1CN(CCCC)Cc2c1c1cc(C(F)(F)F)ccc1n2S(=O)(=O)c1ccc(C)cc1. The second kappa shape index (κ2) is 8.08. The minimum absolute atomic E-state index is 0.0963. The summed E-state index contributed by atoms with van der Waals surface area (Å²) in [6.07, 6.45) is -2.61. The zero-order valence-corrected chi connectivity index (χ0v) is 18.9. The van der Waals surface area contributed by atoms with E-state index >= 15 is 0 Å². The number of hydrogen-bond donors (Lipinski definition) is 0. The molecular weight excluding hydrogens is 437 g/mol. The van der Waals surface area contributed by atoms with Crippen molar-refractivity contribution in [3.63, 3.8) is 0 Å². The van der Waals surface area contributed by atoms with E-state index in [2.05, 4.69) is 18.4 Å².